The van der Waals surface area contributed by atoms with E-state index in [2.05, 4.69) is 10.1 Å². The van der Waals surface area contributed by atoms with Crippen LogP contribution in [0.5, 0.6) is 0 Å². The molecule has 0 aliphatic rings. The summed E-state index contributed by atoms with van der Waals surface area (Å²) < 4.78 is 42.5. The molecule has 0 atom stereocenters. The zero-order valence-corrected chi connectivity index (χ0v) is 14.7. The molecule has 0 saturated carbocycles. The predicted molar refractivity (Wildman–Crippen MR) is 98.3 cm³/mol. The Labute approximate surface area is 154 Å². The molecule has 0 amide bonds. The number of rotatable bonds is 2. The molecule has 0 bridgehead atoms. The molecule has 27 heavy (non-hydrogen) atoms. The van der Waals surface area contributed by atoms with Crippen molar-refractivity contribution in [1.82, 2.24) is 14.6 Å². The zero-order valence-electron chi connectivity index (χ0n) is 14.7. The third-order valence-electron chi connectivity index (χ3n) is 4.57. The van der Waals surface area contributed by atoms with E-state index in [1.807, 2.05) is 37.3 Å². The van der Waals surface area contributed by atoms with Gasteiger partial charge >= 0.3 is 6.18 Å². The van der Waals surface area contributed by atoms with Gasteiger partial charge in [0.05, 0.1) is 11.3 Å². The molecule has 2 aromatic heterocycles. The molecule has 0 N–H and O–H groups in total. The van der Waals surface area contributed by atoms with Crippen LogP contribution in [0, 0.1) is 13.8 Å². The lowest BCUT2D eigenvalue weighted by Gasteiger charge is -2.11. The van der Waals surface area contributed by atoms with E-state index in [4.69, 9.17) is 0 Å². The number of halogens is 3. The second-order valence-corrected chi connectivity index (χ2v) is 6.35. The molecular weight excluding hydrogens is 351 g/mol. The highest BCUT2D eigenvalue weighted by Gasteiger charge is 2.39. The fourth-order valence-corrected chi connectivity index (χ4v) is 3.42. The highest BCUT2D eigenvalue weighted by Crippen LogP contribution is 2.39. The minimum absolute atomic E-state index is 0.00825. The van der Waals surface area contributed by atoms with Crippen molar-refractivity contribution in [2.75, 3.05) is 0 Å². The number of nitrogens with zero attached hydrogens (tertiary/aromatic N) is 3. The molecule has 2 aromatic carbocycles. The van der Waals surface area contributed by atoms with Gasteiger partial charge in [-0.2, -0.15) is 18.3 Å². The van der Waals surface area contributed by atoms with Crippen molar-refractivity contribution < 1.29 is 13.2 Å². The molecule has 136 valence electrons. The van der Waals surface area contributed by atoms with Crippen LogP contribution in [0.3, 0.4) is 0 Å². The Balaban J connectivity index is 2.09. The molecule has 0 unspecified atom stereocenters. The van der Waals surface area contributed by atoms with Crippen molar-refractivity contribution in [3.8, 4) is 22.3 Å². The molecule has 2 heterocycles. The van der Waals surface area contributed by atoms with E-state index in [-0.39, 0.29) is 11.2 Å². The Bertz CT molecular complexity index is 1110. The van der Waals surface area contributed by atoms with Gasteiger partial charge in [0.25, 0.3) is 0 Å². The largest absolute Gasteiger partial charge is 0.435 e. The number of hydrogen-bond acceptors (Lipinski definition) is 2. The first-order chi connectivity index (χ1) is 12.9. The van der Waals surface area contributed by atoms with Crippen LogP contribution < -0.4 is 0 Å². The lowest BCUT2D eigenvalue weighted by Crippen LogP contribution is -2.08. The van der Waals surface area contributed by atoms with Gasteiger partial charge in [0, 0.05) is 11.3 Å². The van der Waals surface area contributed by atoms with Crippen molar-refractivity contribution in [2.24, 2.45) is 0 Å². The highest BCUT2D eigenvalue weighted by molar-refractivity contribution is 5.82. The first-order valence-electron chi connectivity index (χ1n) is 8.46. The summed E-state index contributed by atoms with van der Waals surface area (Å²) >= 11 is 0. The monoisotopic (exact) mass is 367 g/mol. The standard InChI is InChI=1S/C21H16F3N3/c1-13-17(15-9-5-3-6-10-15)14(2)27-20(25-13)18(16-11-7-4-8-12-16)19(26-27)21(22,23)24/h3-12H,1-2H3. The van der Waals surface area contributed by atoms with E-state index in [9.17, 15) is 13.2 Å². The van der Waals surface area contributed by atoms with Crippen molar-refractivity contribution in [2.45, 2.75) is 20.0 Å². The van der Waals surface area contributed by atoms with Crippen molar-refractivity contribution in [3.63, 3.8) is 0 Å². The molecule has 0 aliphatic heterocycles. The van der Waals surface area contributed by atoms with E-state index in [1.54, 1.807) is 37.3 Å². The summed E-state index contributed by atoms with van der Waals surface area (Å²) in [5.74, 6) is 0. The minimum atomic E-state index is -4.58. The van der Waals surface area contributed by atoms with Crippen LogP contribution in [0.25, 0.3) is 27.9 Å². The molecule has 0 radical (unpaired) electrons. The SMILES string of the molecule is Cc1nc2c(-c3ccccc3)c(C(F)(F)F)nn2c(C)c1-c1ccccc1. The Hall–Kier alpha value is -3.15. The zero-order chi connectivity index (χ0) is 19.2. The Morgan fingerprint density at radius 2 is 1.30 bits per heavy atom. The van der Waals surface area contributed by atoms with Gasteiger partial charge in [-0.25, -0.2) is 9.50 Å². The van der Waals surface area contributed by atoms with Gasteiger partial charge in [-0.1, -0.05) is 60.7 Å². The summed E-state index contributed by atoms with van der Waals surface area (Å²) in [6.07, 6.45) is -4.58. The van der Waals surface area contributed by atoms with Crippen molar-refractivity contribution in [3.05, 3.63) is 77.7 Å². The third kappa shape index (κ3) is 2.87. The third-order valence-corrected chi connectivity index (χ3v) is 4.57. The van der Waals surface area contributed by atoms with Crippen LogP contribution in [0.1, 0.15) is 17.1 Å². The quantitative estimate of drug-likeness (QED) is 0.455. The summed E-state index contributed by atoms with van der Waals surface area (Å²) in [7, 11) is 0. The molecule has 0 spiro atoms. The first-order valence-corrected chi connectivity index (χ1v) is 8.46. The van der Waals surface area contributed by atoms with Crippen LogP contribution in [0.4, 0.5) is 13.2 Å². The van der Waals surface area contributed by atoms with Crippen LogP contribution in [-0.2, 0) is 6.18 Å². The average Bonchev–Trinajstić information content (AvgIpc) is 3.03. The first kappa shape index (κ1) is 17.3. The lowest BCUT2D eigenvalue weighted by atomic mass is 10.0. The van der Waals surface area contributed by atoms with Gasteiger partial charge in [-0.15, -0.1) is 0 Å². The summed E-state index contributed by atoms with van der Waals surface area (Å²) in [5.41, 5.74) is 2.71. The van der Waals surface area contributed by atoms with Gasteiger partial charge < -0.3 is 0 Å². The maximum atomic E-state index is 13.7. The van der Waals surface area contributed by atoms with Crippen molar-refractivity contribution in [1.29, 1.82) is 0 Å². The number of benzene rings is 2. The van der Waals surface area contributed by atoms with Crippen LogP contribution in [-0.4, -0.2) is 14.6 Å². The van der Waals surface area contributed by atoms with E-state index >= 15 is 0 Å². The predicted octanol–water partition coefficient (Wildman–Crippen LogP) is 5.70. The van der Waals surface area contributed by atoms with Gasteiger partial charge in [0.1, 0.15) is 0 Å². The number of aryl methyl sites for hydroxylation is 2. The molecular formula is C21H16F3N3. The maximum Gasteiger partial charge on any atom is 0.435 e. The Morgan fingerprint density at radius 3 is 1.81 bits per heavy atom. The van der Waals surface area contributed by atoms with Gasteiger partial charge in [0.15, 0.2) is 11.3 Å². The Kier molecular flexibility index (Phi) is 3.98. The average molecular weight is 367 g/mol. The summed E-state index contributed by atoms with van der Waals surface area (Å²) in [4.78, 5) is 4.52. The molecule has 0 saturated heterocycles. The van der Waals surface area contributed by atoms with E-state index in [0.717, 1.165) is 11.1 Å². The number of hydrogen-bond donors (Lipinski definition) is 0. The van der Waals surface area contributed by atoms with Crippen LogP contribution in [0.2, 0.25) is 0 Å². The lowest BCUT2D eigenvalue weighted by molar-refractivity contribution is -0.140. The summed E-state index contributed by atoms with van der Waals surface area (Å²) in [5, 5.41) is 3.92. The molecule has 4 rings (SSSR count). The summed E-state index contributed by atoms with van der Waals surface area (Å²) in [6.45, 7) is 3.58. The smallest absolute Gasteiger partial charge is 0.233 e. The van der Waals surface area contributed by atoms with E-state index in [1.165, 1.54) is 4.52 Å². The fraction of sp³-hybridized carbons (Fsp3) is 0.143. The number of alkyl halides is 3. The fourth-order valence-electron chi connectivity index (χ4n) is 3.42. The van der Waals surface area contributed by atoms with Gasteiger partial charge in [-0.3, -0.25) is 0 Å². The number of fused-ring (bicyclic) bond motifs is 1. The molecule has 0 fully saturated rings. The van der Waals surface area contributed by atoms with Crippen LogP contribution in [0.15, 0.2) is 60.7 Å². The van der Waals surface area contributed by atoms with Crippen LogP contribution >= 0.6 is 0 Å². The summed E-state index contributed by atoms with van der Waals surface area (Å²) in [6, 6.07) is 17.9. The highest BCUT2D eigenvalue weighted by atomic mass is 19.4. The maximum absolute atomic E-state index is 13.7. The molecule has 0 aliphatic carbocycles. The molecule has 6 heteroatoms. The molecule has 3 nitrogen and oxygen atoms in total. The van der Waals surface area contributed by atoms with E-state index < -0.39 is 11.9 Å². The van der Waals surface area contributed by atoms with Gasteiger partial charge in [-0.05, 0) is 25.0 Å². The minimum Gasteiger partial charge on any atom is -0.233 e. The second kappa shape index (κ2) is 6.23. The van der Waals surface area contributed by atoms with Gasteiger partial charge in [0.2, 0.25) is 0 Å². The Morgan fingerprint density at radius 1 is 0.778 bits per heavy atom. The molecule has 4 aromatic rings. The normalized spacial score (nSPS) is 11.9. The van der Waals surface area contributed by atoms with E-state index in [0.29, 0.717) is 17.0 Å². The topological polar surface area (TPSA) is 30.2 Å². The number of aromatic nitrogens is 3. The second-order valence-electron chi connectivity index (χ2n) is 6.35. The van der Waals surface area contributed by atoms with Crippen molar-refractivity contribution >= 4 is 5.65 Å².